The Morgan fingerprint density at radius 2 is 1.39 bits per heavy atom. The highest BCUT2D eigenvalue weighted by Gasteiger charge is 2.31. The fraction of sp³-hybridized carbons (Fsp3) is 0.350. The van der Waals surface area contributed by atoms with E-state index in [2.05, 4.69) is 5.32 Å². The van der Waals surface area contributed by atoms with Gasteiger partial charge < -0.3 is 29.2 Å². The van der Waals surface area contributed by atoms with Gasteiger partial charge in [0.2, 0.25) is 0 Å². The van der Waals surface area contributed by atoms with Crippen molar-refractivity contribution in [1.82, 2.24) is 4.90 Å². The minimum atomic E-state index is -0.188. The third-order valence-corrected chi connectivity index (χ3v) is 5.67. The number of carbonyl (C=O) groups excluding carboxylic acids is 1. The molecular formula is C20H24N2O5S. The number of nitrogens with zero attached hydrogens (tertiary/aromatic N) is 1. The van der Waals surface area contributed by atoms with Crippen molar-refractivity contribution < 1.29 is 23.7 Å². The van der Waals surface area contributed by atoms with Crippen LogP contribution in [0.5, 0.6) is 23.0 Å². The summed E-state index contributed by atoms with van der Waals surface area (Å²) in [5.74, 6) is 3.46. The fourth-order valence-electron chi connectivity index (χ4n) is 3.00. The molecule has 0 aromatic heterocycles. The van der Waals surface area contributed by atoms with Gasteiger partial charge in [0.25, 0.3) is 0 Å². The second kappa shape index (κ2) is 8.97. The van der Waals surface area contributed by atoms with Crippen molar-refractivity contribution in [3.05, 3.63) is 42.0 Å². The Hall–Kier alpha value is -2.74. The lowest BCUT2D eigenvalue weighted by atomic mass is 10.2. The summed E-state index contributed by atoms with van der Waals surface area (Å²) in [4.78, 5) is 14.8. The normalized spacial score (nSPS) is 15.9. The maximum atomic E-state index is 13.0. The van der Waals surface area contributed by atoms with Crippen LogP contribution in [0.1, 0.15) is 10.9 Å². The number of nitrogens with one attached hydrogen (secondary N) is 1. The first kappa shape index (κ1) is 20.0. The highest BCUT2D eigenvalue weighted by atomic mass is 32.2. The molecule has 0 unspecified atom stereocenters. The van der Waals surface area contributed by atoms with Crippen LogP contribution in [0.3, 0.4) is 0 Å². The highest BCUT2D eigenvalue weighted by molar-refractivity contribution is 7.99. The molecule has 0 aliphatic carbocycles. The molecule has 1 aliphatic rings. The Kier molecular flexibility index (Phi) is 6.41. The molecular weight excluding hydrogens is 380 g/mol. The minimum absolute atomic E-state index is 0.128. The maximum absolute atomic E-state index is 13.0. The van der Waals surface area contributed by atoms with Gasteiger partial charge in [-0.05, 0) is 17.7 Å². The van der Waals surface area contributed by atoms with Gasteiger partial charge in [-0.15, -0.1) is 11.8 Å². The molecule has 1 N–H and O–H groups in total. The van der Waals surface area contributed by atoms with Gasteiger partial charge in [-0.25, -0.2) is 4.79 Å². The average Bonchev–Trinajstić information content (AvgIpc) is 3.23. The molecule has 8 heteroatoms. The van der Waals surface area contributed by atoms with Crippen LogP contribution in [0.2, 0.25) is 0 Å². The lowest BCUT2D eigenvalue weighted by Gasteiger charge is -2.25. The van der Waals surface area contributed by atoms with Crippen molar-refractivity contribution in [3.8, 4) is 23.0 Å². The molecule has 1 heterocycles. The van der Waals surface area contributed by atoms with Crippen LogP contribution in [-0.4, -0.2) is 51.7 Å². The van der Waals surface area contributed by atoms with Gasteiger partial charge in [-0.2, -0.15) is 0 Å². The average molecular weight is 404 g/mol. The van der Waals surface area contributed by atoms with Crippen LogP contribution in [0.25, 0.3) is 0 Å². The third kappa shape index (κ3) is 4.39. The molecule has 1 aliphatic heterocycles. The van der Waals surface area contributed by atoms with Crippen molar-refractivity contribution in [1.29, 1.82) is 0 Å². The Labute approximate surface area is 168 Å². The van der Waals surface area contributed by atoms with Crippen molar-refractivity contribution in [2.45, 2.75) is 5.37 Å². The lowest BCUT2D eigenvalue weighted by molar-refractivity contribution is 0.214. The molecule has 1 atom stereocenters. The Balaban J connectivity index is 1.82. The Morgan fingerprint density at radius 1 is 0.893 bits per heavy atom. The summed E-state index contributed by atoms with van der Waals surface area (Å²) in [7, 11) is 6.37. The van der Waals surface area contributed by atoms with Gasteiger partial charge in [-0.3, -0.25) is 0 Å². The van der Waals surface area contributed by atoms with Crippen molar-refractivity contribution in [2.24, 2.45) is 0 Å². The highest BCUT2D eigenvalue weighted by Crippen LogP contribution is 2.41. The van der Waals surface area contributed by atoms with Gasteiger partial charge in [0, 0.05) is 42.3 Å². The number of anilines is 1. The molecule has 1 fully saturated rings. The van der Waals surface area contributed by atoms with Gasteiger partial charge in [0.1, 0.15) is 28.4 Å². The lowest BCUT2D eigenvalue weighted by Crippen LogP contribution is -2.34. The van der Waals surface area contributed by atoms with Crippen molar-refractivity contribution >= 4 is 23.5 Å². The Morgan fingerprint density at radius 3 is 1.89 bits per heavy atom. The molecule has 2 amide bonds. The molecule has 150 valence electrons. The molecule has 0 spiro atoms. The van der Waals surface area contributed by atoms with E-state index in [1.807, 2.05) is 18.2 Å². The first-order valence-corrected chi connectivity index (χ1v) is 9.78. The summed E-state index contributed by atoms with van der Waals surface area (Å²) in [5, 5.41) is 2.81. The van der Waals surface area contributed by atoms with Gasteiger partial charge in [0.15, 0.2) is 0 Å². The molecule has 2 aromatic rings. The Bertz CT molecular complexity index is 801. The minimum Gasteiger partial charge on any atom is -0.497 e. The first-order chi connectivity index (χ1) is 13.6. The first-order valence-electron chi connectivity index (χ1n) is 8.73. The topological polar surface area (TPSA) is 69.3 Å². The number of hydrogen-bond donors (Lipinski definition) is 1. The van der Waals surface area contributed by atoms with E-state index in [1.54, 1.807) is 63.3 Å². The van der Waals surface area contributed by atoms with Crippen LogP contribution < -0.4 is 24.3 Å². The molecule has 2 aromatic carbocycles. The van der Waals surface area contributed by atoms with Gasteiger partial charge >= 0.3 is 6.03 Å². The van der Waals surface area contributed by atoms with E-state index in [4.69, 9.17) is 18.9 Å². The molecule has 0 saturated carbocycles. The van der Waals surface area contributed by atoms with Crippen molar-refractivity contribution in [3.63, 3.8) is 0 Å². The summed E-state index contributed by atoms with van der Waals surface area (Å²) in [6.07, 6.45) is 0. The van der Waals surface area contributed by atoms with E-state index in [9.17, 15) is 4.79 Å². The molecule has 28 heavy (non-hydrogen) atoms. The monoisotopic (exact) mass is 404 g/mol. The number of rotatable bonds is 6. The van der Waals surface area contributed by atoms with Crippen LogP contribution >= 0.6 is 11.8 Å². The second-order valence-electron chi connectivity index (χ2n) is 6.09. The molecule has 0 bridgehead atoms. The molecule has 3 rings (SSSR count). The van der Waals surface area contributed by atoms with E-state index in [-0.39, 0.29) is 11.4 Å². The quantitative estimate of drug-likeness (QED) is 0.785. The SMILES string of the molecule is COc1cc(NC(=O)N2CCS[C@@H]2c2cc(OC)cc(OC)c2)cc(OC)c1. The number of benzene rings is 2. The number of urea groups is 1. The van der Waals surface area contributed by atoms with E-state index >= 15 is 0 Å². The predicted molar refractivity (Wildman–Crippen MR) is 110 cm³/mol. The number of methoxy groups -OCH3 is 4. The van der Waals surface area contributed by atoms with E-state index in [0.29, 0.717) is 35.2 Å². The van der Waals surface area contributed by atoms with Crippen LogP contribution in [0.15, 0.2) is 36.4 Å². The van der Waals surface area contributed by atoms with Crippen LogP contribution in [-0.2, 0) is 0 Å². The van der Waals surface area contributed by atoms with Gasteiger partial charge in [-0.1, -0.05) is 0 Å². The summed E-state index contributed by atoms with van der Waals surface area (Å²) >= 11 is 1.70. The zero-order chi connectivity index (χ0) is 20.1. The van der Waals surface area contributed by atoms with Crippen molar-refractivity contribution in [2.75, 3.05) is 46.1 Å². The summed E-state index contributed by atoms with van der Waals surface area (Å²) < 4.78 is 21.3. The third-order valence-electron chi connectivity index (χ3n) is 4.41. The summed E-state index contributed by atoms with van der Waals surface area (Å²) in [6.45, 7) is 0.641. The number of carbonyl (C=O) groups is 1. The summed E-state index contributed by atoms with van der Waals surface area (Å²) in [6, 6.07) is 10.8. The maximum Gasteiger partial charge on any atom is 0.323 e. The number of ether oxygens (including phenoxy) is 4. The smallest absolute Gasteiger partial charge is 0.323 e. The van der Waals surface area contributed by atoms with E-state index in [1.165, 1.54) is 0 Å². The standard InChI is InChI=1S/C20H24N2O5S/c1-24-15-7-13(8-16(11-15)25-2)19-22(5-6-28-19)20(23)21-14-9-17(26-3)12-18(10-14)27-4/h7-12,19H,5-6H2,1-4H3,(H,21,23)/t19-/m1/s1. The van der Waals surface area contributed by atoms with E-state index in [0.717, 1.165) is 11.3 Å². The van der Waals surface area contributed by atoms with Crippen LogP contribution in [0.4, 0.5) is 10.5 Å². The largest absolute Gasteiger partial charge is 0.497 e. The molecule has 1 saturated heterocycles. The number of hydrogen-bond acceptors (Lipinski definition) is 6. The second-order valence-corrected chi connectivity index (χ2v) is 7.28. The summed E-state index contributed by atoms with van der Waals surface area (Å²) in [5.41, 5.74) is 1.57. The fourth-order valence-corrected chi connectivity index (χ4v) is 4.24. The predicted octanol–water partition coefficient (Wildman–Crippen LogP) is 4.00. The number of thioether (sulfide) groups is 1. The zero-order valence-electron chi connectivity index (χ0n) is 16.4. The molecule has 0 radical (unpaired) electrons. The van der Waals surface area contributed by atoms with Crippen LogP contribution in [0, 0.1) is 0 Å². The zero-order valence-corrected chi connectivity index (χ0v) is 17.2. The van der Waals surface area contributed by atoms with Gasteiger partial charge in [0.05, 0.1) is 28.4 Å². The number of amides is 2. The molecule has 7 nitrogen and oxygen atoms in total. The van der Waals surface area contributed by atoms with E-state index < -0.39 is 0 Å².